The van der Waals surface area contributed by atoms with Gasteiger partial charge in [0, 0.05) is 25.8 Å². The average molecular weight is 329 g/mol. The fraction of sp³-hybridized carbons (Fsp3) is 0.692. The lowest BCUT2D eigenvalue weighted by atomic mass is 9.94. The molecule has 3 unspecified atom stereocenters. The number of sulfonamides is 1. The number of nitrogens with zero attached hydrogens (tertiary/aromatic N) is 2. The van der Waals surface area contributed by atoms with Gasteiger partial charge < -0.3 is 10.6 Å². The van der Waals surface area contributed by atoms with Crippen LogP contribution in [0.5, 0.6) is 0 Å². The summed E-state index contributed by atoms with van der Waals surface area (Å²) < 4.78 is 28.1. The van der Waals surface area contributed by atoms with Crippen LogP contribution in [0.4, 0.5) is 0 Å². The first-order valence-electron chi connectivity index (χ1n) is 7.31. The van der Waals surface area contributed by atoms with Gasteiger partial charge in [0.25, 0.3) is 0 Å². The fourth-order valence-corrected chi connectivity index (χ4v) is 3.57. The number of amides is 1. The maximum atomic E-state index is 12.2. The van der Waals surface area contributed by atoms with E-state index in [1.807, 2.05) is 0 Å². The first-order chi connectivity index (χ1) is 10.3. The highest BCUT2D eigenvalue weighted by Gasteiger charge is 2.27. The maximum absolute atomic E-state index is 12.2. The lowest BCUT2D eigenvalue weighted by Gasteiger charge is -2.31. The van der Waals surface area contributed by atoms with Crippen molar-refractivity contribution in [2.75, 3.05) is 13.1 Å². The predicted molar refractivity (Wildman–Crippen MR) is 81.6 cm³/mol. The Morgan fingerprint density at radius 2 is 2.27 bits per heavy atom. The second kappa shape index (κ2) is 6.76. The molecule has 1 fully saturated rings. The van der Waals surface area contributed by atoms with Crippen molar-refractivity contribution >= 4 is 15.9 Å². The molecular weight excluding hydrogens is 306 g/mol. The highest BCUT2D eigenvalue weighted by molar-refractivity contribution is 7.89. The Morgan fingerprint density at radius 3 is 2.86 bits per heavy atom. The zero-order chi connectivity index (χ0) is 16.3. The van der Waals surface area contributed by atoms with E-state index >= 15 is 0 Å². The number of nitrogens with one attached hydrogen (secondary N) is 3. The number of piperidine rings is 1. The fourth-order valence-electron chi connectivity index (χ4n) is 2.38. The Bertz CT molecular complexity index is 627. The van der Waals surface area contributed by atoms with Crippen molar-refractivity contribution in [2.24, 2.45) is 13.0 Å². The molecule has 1 aromatic rings. The zero-order valence-corrected chi connectivity index (χ0v) is 13.9. The molecule has 1 saturated heterocycles. The van der Waals surface area contributed by atoms with Crippen molar-refractivity contribution in [3.05, 3.63) is 12.4 Å². The molecule has 1 amide bonds. The van der Waals surface area contributed by atoms with Crippen LogP contribution in [0.1, 0.15) is 20.3 Å². The highest BCUT2D eigenvalue weighted by Crippen LogP contribution is 2.12. The van der Waals surface area contributed by atoms with Crippen molar-refractivity contribution in [2.45, 2.75) is 37.2 Å². The van der Waals surface area contributed by atoms with Gasteiger partial charge in [-0.25, -0.2) is 8.42 Å². The summed E-state index contributed by atoms with van der Waals surface area (Å²) in [6.45, 7) is 5.26. The van der Waals surface area contributed by atoms with Crippen LogP contribution in [-0.4, -0.2) is 49.3 Å². The van der Waals surface area contributed by atoms with Gasteiger partial charge in [-0.15, -0.1) is 0 Å². The average Bonchev–Trinajstić information content (AvgIpc) is 2.88. The summed E-state index contributed by atoms with van der Waals surface area (Å²) in [7, 11) is -2.12. The van der Waals surface area contributed by atoms with Crippen LogP contribution in [0.2, 0.25) is 0 Å². The van der Waals surface area contributed by atoms with Gasteiger partial charge in [0.1, 0.15) is 4.90 Å². The van der Waals surface area contributed by atoms with Crippen molar-refractivity contribution in [3.63, 3.8) is 0 Å². The number of hydrogen-bond donors (Lipinski definition) is 3. The molecule has 9 heteroatoms. The third-order valence-corrected chi connectivity index (χ3v) is 5.37. The Labute approximate surface area is 130 Å². The standard InChI is InChI=1S/C13H23N5O3S/c1-9-4-5-14-7-12(9)16-13(19)10(2)17-22(20,21)11-6-15-18(3)8-11/h6,8-10,12,14,17H,4-5,7H2,1-3H3,(H,16,19). The summed E-state index contributed by atoms with van der Waals surface area (Å²) in [5, 5.41) is 9.95. The molecule has 0 aromatic carbocycles. The normalized spacial score (nSPS) is 24.0. The molecule has 0 radical (unpaired) electrons. The summed E-state index contributed by atoms with van der Waals surface area (Å²) in [5.41, 5.74) is 0. The summed E-state index contributed by atoms with van der Waals surface area (Å²) in [6.07, 6.45) is 3.63. The first kappa shape index (κ1) is 16.9. The van der Waals surface area contributed by atoms with E-state index < -0.39 is 16.1 Å². The molecule has 8 nitrogen and oxygen atoms in total. The van der Waals surface area contributed by atoms with E-state index in [9.17, 15) is 13.2 Å². The van der Waals surface area contributed by atoms with Crippen LogP contribution in [0, 0.1) is 5.92 Å². The Hall–Kier alpha value is -1.45. The van der Waals surface area contributed by atoms with Gasteiger partial charge in [0.2, 0.25) is 15.9 Å². The quantitative estimate of drug-likeness (QED) is 0.656. The highest BCUT2D eigenvalue weighted by atomic mass is 32.2. The maximum Gasteiger partial charge on any atom is 0.244 e. The first-order valence-corrected chi connectivity index (χ1v) is 8.80. The topological polar surface area (TPSA) is 105 Å². The van der Waals surface area contributed by atoms with Crippen LogP contribution < -0.4 is 15.4 Å². The Kier molecular flexibility index (Phi) is 5.20. The minimum atomic E-state index is -3.75. The summed E-state index contributed by atoms with van der Waals surface area (Å²) in [6, 6.07) is -0.828. The number of carbonyl (C=O) groups is 1. The molecule has 1 aliphatic rings. The number of rotatable bonds is 5. The molecule has 0 saturated carbocycles. The van der Waals surface area contributed by atoms with Gasteiger partial charge in [-0.2, -0.15) is 9.82 Å². The molecule has 3 N–H and O–H groups in total. The van der Waals surface area contributed by atoms with Crippen molar-refractivity contribution in [1.82, 2.24) is 25.1 Å². The molecule has 22 heavy (non-hydrogen) atoms. The van der Waals surface area contributed by atoms with Crippen molar-refractivity contribution < 1.29 is 13.2 Å². The number of carbonyl (C=O) groups excluding carboxylic acids is 1. The molecule has 3 atom stereocenters. The van der Waals surface area contributed by atoms with Gasteiger partial charge in [0.05, 0.1) is 12.2 Å². The smallest absolute Gasteiger partial charge is 0.244 e. The predicted octanol–water partition coefficient (Wildman–Crippen LogP) is -0.799. The van der Waals surface area contributed by atoms with Crippen LogP contribution in [0.15, 0.2) is 17.3 Å². The van der Waals surface area contributed by atoms with Gasteiger partial charge in [-0.05, 0) is 25.8 Å². The monoisotopic (exact) mass is 329 g/mol. The minimum Gasteiger partial charge on any atom is -0.350 e. The summed E-state index contributed by atoms with van der Waals surface area (Å²) in [4.78, 5) is 12.2. The third-order valence-electron chi connectivity index (χ3n) is 3.87. The van der Waals surface area contributed by atoms with Crippen LogP contribution in [-0.2, 0) is 21.9 Å². The molecule has 0 aliphatic carbocycles. The lowest BCUT2D eigenvalue weighted by Crippen LogP contribution is -2.54. The van der Waals surface area contributed by atoms with E-state index in [0.29, 0.717) is 12.5 Å². The van der Waals surface area contributed by atoms with Gasteiger partial charge in [-0.3, -0.25) is 9.48 Å². The van der Waals surface area contributed by atoms with E-state index in [0.717, 1.165) is 13.0 Å². The van der Waals surface area contributed by atoms with E-state index in [1.165, 1.54) is 24.0 Å². The van der Waals surface area contributed by atoms with Gasteiger partial charge in [0.15, 0.2) is 0 Å². The largest absolute Gasteiger partial charge is 0.350 e. The van der Waals surface area contributed by atoms with E-state index in [2.05, 4.69) is 27.4 Å². The number of aryl methyl sites for hydroxylation is 1. The molecule has 124 valence electrons. The van der Waals surface area contributed by atoms with E-state index in [1.54, 1.807) is 7.05 Å². The number of aromatic nitrogens is 2. The minimum absolute atomic E-state index is 0.0200. The van der Waals surface area contributed by atoms with Gasteiger partial charge in [-0.1, -0.05) is 6.92 Å². The van der Waals surface area contributed by atoms with E-state index in [-0.39, 0.29) is 16.8 Å². The Morgan fingerprint density at radius 1 is 1.55 bits per heavy atom. The second-order valence-electron chi connectivity index (χ2n) is 5.78. The van der Waals surface area contributed by atoms with Crippen molar-refractivity contribution in [3.8, 4) is 0 Å². The van der Waals surface area contributed by atoms with Gasteiger partial charge >= 0.3 is 0 Å². The second-order valence-corrected chi connectivity index (χ2v) is 7.49. The SMILES string of the molecule is CC(NS(=O)(=O)c1cnn(C)c1)C(=O)NC1CNCCC1C. The number of hydrogen-bond acceptors (Lipinski definition) is 5. The van der Waals surface area contributed by atoms with Crippen LogP contribution in [0.3, 0.4) is 0 Å². The molecule has 1 aliphatic heterocycles. The van der Waals surface area contributed by atoms with Crippen LogP contribution >= 0.6 is 0 Å². The molecule has 0 spiro atoms. The summed E-state index contributed by atoms with van der Waals surface area (Å²) in [5.74, 6) is 0.0420. The molecular formula is C13H23N5O3S. The van der Waals surface area contributed by atoms with Crippen LogP contribution in [0.25, 0.3) is 0 Å². The Balaban J connectivity index is 1.96. The molecule has 2 rings (SSSR count). The lowest BCUT2D eigenvalue weighted by molar-refractivity contribution is -0.123. The molecule has 2 heterocycles. The molecule has 0 bridgehead atoms. The summed E-state index contributed by atoms with van der Waals surface area (Å²) >= 11 is 0. The van der Waals surface area contributed by atoms with Crippen molar-refractivity contribution in [1.29, 1.82) is 0 Å². The van der Waals surface area contributed by atoms with E-state index in [4.69, 9.17) is 0 Å². The molecule has 1 aromatic heterocycles. The zero-order valence-electron chi connectivity index (χ0n) is 13.0. The third kappa shape index (κ3) is 4.05.